The Morgan fingerprint density at radius 3 is 2.21 bits per heavy atom. The molecule has 3 aromatic rings. The van der Waals surface area contributed by atoms with E-state index in [4.69, 9.17) is 4.74 Å². The van der Waals surface area contributed by atoms with Crippen molar-refractivity contribution < 1.29 is 14.6 Å². The molecule has 3 aliphatic rings. The molecule has 2 aromatic carbocycles. The van der Waals surface area contributed by atoms with Gasteiger partial charge >= 0.3 is 6.09 Å². The van der Waals surface area contributed by atoms with E-state index in [0.29, 0.717) is 19.4 Å². The first-order valence-electron chi connectivity index (χ1n) is 12.3. The number of nitrogens with zero attached hydrogens (tertiary/aromatic N) is 3. The first-order valence-corrected chi connectivity index (χ1v) is 12.3. The fourth-order valence-corrected chi connectivity index (χ4v) is 6.29. The second kappa shape index (κ2) is 7.98. The summed E-state index contributed by atoms with van der Waals surface area (Å²) in [6.07, 6.45) is 6.32. The van der Waals surface area contributed by atoms with E-state index in [2.05, 4.69) is 55.3 Å². The van der Waals surface area contributed by atoms with Crippen LogP contribution in [-0.4, -0.2) is 44.6 Å². The number of piperidine rings is 1. The zero-order valence-corrected chi connectivity index (χ0v) is 19.7. The van der Waals surface area contributed by atoms with E-state index in [-0.39, 0.29) is 30.1 Å². The van der Waals surface area contributed by atoms with Crippen molar-refractivity contribution in [1.82, 2.24) is 14.7 Å². The number of amides is 1. The highest BCUT2D eigenvalue weighted by Gasteiger charge is 2.51. The number of rotatable bonds is 4. The maximum atomic E-state index is 13.3. The molecule has 3 heterocycles. The molecule has 2 bridgehead atoms. The van der Waals surface area contributed by atoms with Crippen LogP contribution >= 0.6 is 0 Å². The van der Waals surface area contributed by atoms with Gasteiger partial charge in [-0.3, -0.25) is 4.68 Å². The van der Waals surface area contributed by atoms with Gasteiger partial charge in [0.05, 0.1) is 11.8 Å². The van der Waals surface area contributed by atoms with Crippen LogP contribution in [0.5, 0.6) is 0 Å². The summed E-state index contributed by atoms with van der Waals surface area (Å²) in [5, 5.41) is 15.9. The topological polar surface area (TPSA) is 67.6 Å². The second-order valence-electron chi connectivity index (χ2n) is 10.3. The van der Waals surface area contributed by atoms with Crippen molar-refractivity contribution in [2.75, 3.05) is 6.61 Å². The van der Waals surface area contributed by atoms with Crippen LogP contribution in [0, 0.1) is 0 Å². The van der Waals surface area contributed by atoms with Crippen LogP contribution in [0.3, 0.4) is 0 Å². The molecule has 6 nitrogen and oxygen atoms in total. The van der Waals surface area contributed by atoms with Gasteiger partial charge in [0, 0.05) is 48.6 Å². The standard InChI is InChI=1S/C28H31N3O3/c1-18(2)30-16-19(15-29-30)28(33)13-20-11-12-21(14-28)31(20)27(32)34-17-26-24-9-5-3-7-22(24)23-8-4-6-10-25(23)26/h3-10,15-16,18,20-21,26,33H,11-14,17H2,1-2H3. The van der Waals surface area contributed by atoms with E-state index in [9.17, 15) is 9.90 Å². The van der Waals surface area contributed by atoms with Gasteiger partial charge in [-0.1, -0.05) is 48.5 Å². The minimum absolute atomic E-state index is 0.0122. The molecule has 2 aliphatic heterocycles. The number of hydrogen-bond donors (Lipinski definition) is 1. The number of carbonyl (C=O) groups is 1. The van der Waals surface area contributed by atoms with Crippen LogP contribution in [0.15, 0.2) is 60.9 Å². The maximum absolute atomic E-state index is 13.3. The summed E-state index contributed by atoms with van der Waals surface area (Å²) in [6, 6.07) is 17.0. The molecule has 34 heavy (non-hydrogen) atoms. The normalized spacial score (nSPS) is 25.5. The predicted octanol–water partition coefficient (Wildman–Crippen LogP) is 5.23. The largest absolute Gasteiger partial charge is 0.448 e. The molecule has 1 N–H and O–H groups in total. The van der Waals surface area contributed by atoms with Gasteiger partial charge in [-0.15, -0.1) is 0 Å². The molecule has 6 heteroatoms. The summed E-state index contributed by atoms with van der Waals surface area (Å²) in [6.45, 7) is 4.47. The zero-order chi connectivity index (χ0) is 23.4. The first-order chi connectivity index (χ1) is 16.4. The van der Waals surface area contributed by atoms with Crippen LogP contribution in [-0.2, 0) is 10.3 Å². The number of ether oxygens (including phenoxy) is 1. The number of aliphatic hydroxyl groups is 1. The zero-order valence-electron chi connectivity index (χ0n) is 19.7. The average Bonchev–Trinajstić information content (AvgIpc) is 3.52. The molecule has 2 atom stereocenters. The van der Waals surface area contributed by atoms with E-state index < -0.39 is 5.60 Å². The lowest BCUT2D eigenvalue weighted by atomic mass is 9.82. The highest BCUT2D eigenvalue weighted by Crippen LogP contribution is 2.47. The van der Waals surface area contributed by atoms with Crippen molar-refractivity contribution in [1.29, 1.82) is 0 Å². The van der Waals surface area contributed by atoms with Crippen molar-refractivity contribution in [3.8, 4) is 11.1 Å². The molecule has 1 aliphatic carbocycles. The molecule has 2 saturated heterocycles. The fourth-order valence-electron chi connectivity index (χ4n) is 6.29. The van der Waals surface area contributed by atoms with Crippen molar-refractivity contribution in [2.24, 2.45) is 0 Å². The molecule has 6 rings (SSSR count). The Morgan fingerprint density at radius 2 is 1.65 bits per heavy atom. The Kier molecular flexibility index (Phi) is 5.03. The molecule has 176 valence electrons. The summed E-state index contributed by atoms with van der Waals surface area (Å²) in [4.78, 5) is 15.2. The molecule has 1 amide bonds. The van der Waals surface area contributed by atoms with E-state index in [0.717, 1.165) is 18.4 Å². The van der Waals surface area contributed by atoms with E-state index >= 15 is 0 Å². The van der Waals surface area contributed by atoms with Crippen LogP contribution in [0.2, 0.25) is 0 Å². The maximum Gasteiger partial charge on any atom is 0.410 e. The Hall–Kier alpha value is -3.12. The number of carbonyl (C=O) groups excluding carboxylic acids is 1. The van der Waals surface area contributed by atoms with Crippen LogP contribution in [0.1, 0.15) is 68.2 Å². The monoisotopic (exact) mass is 457 g/mol. The van der Waals surface area contributed by atoms with Gasteiger partial charge in [-0.05, 0) is 48.9 Å². The minimum Gasteiger partial charge on any atom is -0.448 e. The van der Waals surface area contributed by atoms with Gasteiger partial charge in [0.1, 0.15) is 6.61 Å². The molecule has 0 saturated carbocycles. The fraction of sp³-hybridized carbons (Fsp3) is 0.429. The molecular weight excluding hydrogens is 426 g/mol. The highest BCUT2D eigenvalue weighted by molar-refractivity contribution is 5.79. The lowest BCUT2D eigenvalue weighted by Crippen LogP contribution is -2.52. The quantitative estimate of drug-likeness (QED) is 0.583. The number of benzene rings is 2. The smallest absolute Gasteiger partial charge is 0.410 e. The van der Waals surface area contributed by atoms with Gasteiger partial charge in [-0.2, -0.15) is 5.10 Å². The number of fused-ring (bicyclic) bond motifs is 5. The van der Waals surface area contributed by atoms with Crippen molar-refractivity contribution >= 4 is 6.09 Å². The summed E-state index contributed by atoms with van der Waals surface area (Å²) in [5.74, 6) is 0.0533. The Morgan fingerprint density at radius 1 is 1.06 bits per heavy atom. The second-order valence-corrected chi connectivity index (χ2v) is 10.3. The predicted molar refractivity (Wildman–Crippen MR) is 129 cm³/mol. The van der Waals surface area contributed by atoms with Gasteiger partial charge < -0.3 is 14.7 Å². The summed E-state index contributed by atoms with van der Waals surface area (Å²) >= 11 is 0. The van der Waals surface area contributed by atoms with Gasteiger partial charge in [0.2, 0.25) is 0 Å². The van der Waals surface area contributed by atoms with E-state index in [1.807, 2.05) is 27.9 Å². The van der Waals surface area contributed by atoms with Gasteiger partial charge in [0.25, 0.3) is 0 Å². The summed E-state index contributed by atoms with van der Waals surface area (Å²) in [7, 11) is 0. The van der Waals surface area contributed by atoms with Gasteiger partial charge in [-0.25, -0.2) is 4.79 Å². The SMILES string of the molecule is CC(C)n1cc(C2(O)CC3CCC(C2)N3C(=O)OCC2c3ccccc3-c3ccccc32)cn1. The third-order valence-corrected chi connectivity index (χ3v) is 7.98. The first kappa shape index (κ1) is 21.4. The van der Waals surface area contributed by atoms with Crippen molar-refractivity contribution in [2.45, 2.75) is 69.2 Å². The van der Waals surface area contributed by atoms with Crippen molar-refractivity contribution in [3.63, 3.8) is 0 Å². The van der Waals surface area contributed by atoms with E-state index in [1.165, 1.54) is 22.3 Å². The molecule has 2 unspecified atom stereocenters. The highest BCUT2D eigenvalue weighted by atomic mass is 16.6. The molecule has 2 fully saturated rings. The van der Waals surface area contributed by atoms with Crippen LogP contribution in [0.25, 0.3) is 11.1 Å². The summed E-state index contributed by atoms with van der Waals surface area (Å²) < 4.78 is 7.84. The number of hydrogen-bond acceptors (Lipinski definition) is 4. The van der Waals surface area contributed by atoms with Gasteiger partial charge in [0.15, 0.2) is 0 Å². The lowest BCUT2D eigenvalue weighted by Gasteiger charge is -2.42. The van der Waals surface area contributed by atoms with Crippen LogP contribution < -0.4 is 0 Å². The van der Waals surface area contributed by atoms with E-state index in [1.54, 1.807) is 6.20 Å². The third-order valence-electron chi connectivity index (χ3n) is 7.98. The molecule has 1 aromatic heterocycles. The Bertz CT molecular complexity index is 1170. The number of aromatic nitrogens is 2. The molecular formula is C28H31N3O3. The molecule has 0 spiro atoms. The molecule has 0 radical (unpaired) electrons. The minimum atomic E-state index is -0.945. The lowest BCUT2D eigenvalue weighted by molar-refractivity contribution is -0.0531. The Balaban J connectivity index is 1.17. The van der Waals surface area contributed by atoms with Crippen molar-refractivity contribution in [3.05, 3.63) is 77.6 Å². The Labute approximate surface area is 200 Å². The van der Waals surface area contributed by atoms with Crippen LogP contribution in [0.4, 0.5) is 4.79 Å². The summed E-state index contributed by atoms with van der Waals surface area (Å²) in [5.41, 5.74) is 4.79. The third kappa shape index (κ3) is 3.35. The average molecular weight is 458 g/mol.